The van der Waals surface area contributed by atoms with Gasteiger partial charge in [-0.3, -0.25) is 0 Å². The Bertz CT molecular complexity index is 205. The van der Waals surface area contributed by atoms with Crippen molar-refractivity contribution >= 4 is 11.6 Å². The second-order valence-electron chi connectivity index (χ2n) is 2.42. The molecule has 12 heavy (non-hydrogen) atoms. The van der Waals surface area contributed by atoms with E-state index in [1.165, 1.54) is 4.90 Å². The highest BCUT2D eigenvalue weighted by Crippen LogP contribution is 2.31. The average Bonchev–Trinajstić information content (AvgIpc) is 1.82. The Morgan fingerprint density at radius 3 is 2.08 bits per heavy atom. The van der Waals surface area contributed by atoms with E-state index in [0.717, 1.165) is 6.20 Å². The Morgan fingerprint density at radius 1 is 1.42 bits per heavy atom. The van der Waals surface area contributed by atoms with Gasteiger partial charge in [-0.05, 0) is 0 Å². The van der Waals surface area contributed by atoms with Crippen LogP contribution in [0.3, 0.4) is 0 Å². The summed E-state index contributed by atoms with van der Waals surface area (Å²) in [5, 5.41) is -0.396. The van der Waals surface area contributed by atoms with Gasteiger partial charge in [0.1, 0.15) is 0 Å². The van der Waals surface area contributed by atoms with Crippen LogP contribution in [0.15, 0.2) is 23.4 Å². The first-order valence-electron chi connectivity index (χ1n) is 3.05. The van der Waals surface area contributed by atoms with Crippen LogP contribution in [0.2, 0.25) is 0 Å². The maximum Gasteiger partial charge on any atom is 0.417 e. The molecule has 0 saturated heterocycles. The number of hydrogen-bond donors (Lipinski definition) is 0. The maximum absolute atomic E-state index is 11.9. The number of rotatable bonds is 2. The van der Waals surface area contributed by atoms with Crippen molar-refractivity contribution in [2.45, 2.75) is 6.18 Å². The molecule has 5 heteroatoms. The van der Waals surface area contributed by atoms with E-state index in [4.69, 9.17) is 11.6 Å². The van der Waals surface area contributed by atoms with E-state index in [1.54, 1.807) is 14.1 Å². The highest BCUT2D eigenvalue weighted by atomic mass is 35.5. The fourth-order valence-electron chi connectivity index (χ4n) is 0.440. The minimum atomic E-state index is -4.45. The predicted molar refractivity (Wildman–Crippen MR) is 42.8 cm³/mol. The van der Waals surface area contributed by atoms with Gasteiger partial charge in [0.15, 0.2) is 0 Å². The lowest BCUT2D eigenvalue weighted by Gasteiger charge is -2.11. The van der Waals surface area contributed by atoms with Gasteiger partial charge in [0, 0.05) is 20.3 Å². The van der Waals surface area contributed by atoms with Gasteiger partial charge < -0.3 is 4.90 Å². The van der Waals surface area contributed by atoms with Gasteiger partial charge in [0.2, 0.25) is 0 Å². The molecule has 0 spiro atoms. The Labute approximate surface area is 74.1 Å². The van der Waals surface area contributed by atoms with Gasteiger partial charge in [0.25, 0.3) is 0 Å². The molecule has 0 aromatic rings. The molecule has 0 fully saturated rings. The van der Waals surface area contributed by atoms with Crippen LogP contribution in [0.25, 0.3) is 0 Å². The summed E-state index contributed by atoms with van der Waals surface area (Å²) in [6.45, 7) is 2.83. The molecule has 0 aliphatic heterocycles. The minimum absolute atomic E-state index is 0.396. The summed E-state index contributed by atoms with van der Waals surface area (Å²) < 4.78 is 35.7. The number of allylic oxidation sites excluding steroid dienone is 2. The van der Waals surface area contributed by atoms with Gasteiger partial charge in [-0.2, -0.15) is 13.2 Å². The van der Waals surface area contributed by atoms with Crippen molar-refractivity contribution in [3.8, 4) is 0 Å². The second kappa shape index (κ2) is 3.85. The van der Waals surface area contributed by atoms with E-state index < -0.39 is 16.8 Å². The second-order valence-corrected chi connectivity index (χ2v) is 2.82. The summed E-state index contributed by atoms with van der Waals surface area (Å²) in [4.78, 5) is 1.42. The lowest BCUT2D eigenvalue weighted by molar-refractivity contribution is -0.0883. The zero-order valence-electron chi connectivity index (χ0n) is 6.74. The third-order valence-corrected chi connectivity index (χ3v) is 1.33. The van der Waals surface area contributed by atoms with Gasteiger partial charge in [-0.1, -0.05) is 18.2 Å². The summed E-state index contributed by atoms with van der Waals surface area (Å²) in [5.74, 6) is 0. The van der Waals surface area contributed by atoms with E-state index in [9.17, 15) is 13.2 Å². The molecule has 0 N–H and O–H groups in total. The van der Waals surface area contributed by atoms with Crippen LogP contribution in [0.4, 0.5) is 13.2 Å². The van der Waals surface area contributed by atoms with Crippen LogP contribution in [0, 0.1) is 0 Å². The van der Waals surface area contributed by atoms with E-state index in [2.05, 4.69) is 6.58 Å². The van der Waals surface area contributed by atoms with Crippen molar-refractivity contribution in [1.82, 2.24) is 4.90 Å². The van der Waals surface area contributed by atoms with Crippen LogP contribution in [0.5, 0.6) is 0 Å². The third kappa shape index (κ3) is 3.67. The molecule has 0 amide bonds. The van der Waals surface area contributed by atoms with Crippen molar-refractivity contribution in [2.75, 3.05) is 14.1 Å². The molecule has 0 aliphatic rings. The van der Waals surface area contributed by atoms with Crippen molar-refractivity contribution in [2.24, 2.45) is 0 Å². The summed E-state index contributed by atoms with van der Waals surface area (Å²) in [6, 6.07) is 0. The first kappa shape index (κ1) is 11.4. The lowest BCUT2D eigenvalue weighted by Crippen LogP contribution is -2.12. The van der Waals surface area contributed by atoms with Crippen molar-refractivity contribution in [3.05, 3.63) is 23.4 Å². The monoisotopic (exact) mass is 199 g/mol. The summed E-state index contributed by atoms with van der Waals surface area (Å²) in [7, 11) is 3.15. The normalized spacial score (nSPS) is 13.0. The molecule has 0 unspecified atom stereocenters. The summed E-state index contributed by atoms with van der Waals surface area (Å²) in [5.41, 5.74) is -1.03. The van der Waals surface area contributed by atoms with Crippen LogP contribution in [-0.2, 0) is 0 Å². The van der Waals surface area contributed by atoms with Crippen molar-refractivity contribution in [1.29, 1.82) is 0 Å². The van der Waals surface area contributed by atoms with E-state index >= 15 is 0 Å². The van der Waals surface area contributed by atoms with E-state index in [1.807, 2.05) is 0 Å². The fourth-order valence-corrected chi connectivity index (χ4v) is 0.742. The molecular formula is C7H9ClF3N. The molecule has 0 bridgehead atoms. The predicted octanol–water partition coefficient (Wildman–Crippen LogP) is 2.75. The van der Waals surface area contributed by atoms with Crippen molar-refractivity contribution < 1.29 is 13.2 Å². The van der Waals surface area contributed by atoms with Crippen LogP contribution >= 0.6 is 11.6 Å². The standard InChI is InChI=1S/C7H9ClF3N/c1-5(7(9,10)11)6(8)4-12(2)3/h4H,1H2,2-3H3. The first-order chi connectivity index (χ1) is 5.25. The lowest BCUT2D eigenvalue weighted by atomic mass is 10.3. The van der Waals surface area contributed by atoms with Crippen LogP contribution < -0.4 is 0 Å². The summed E-state index contributed by atoms with van der Waals surface area (Å²) >= 11 is 5.31. The first-order valence-corrected chi connectivity index (χ1v) is 3.43. The quantitative estimate of drug-likeness (QED) is 0.618. The Hall–Kier alpha value is -0.640. The van der Waals surface area contributed by atoms with Crippen molar-refractivity contribution in [3.63, 3.8) is 0 Å². The SMILES string of the molecule is C=C(C(Cl)=CN(C)C)C(F)(F)F. The minimum Gasteiger partial charge on any atom is -0.382 e. The molecule has 0 saturated carbocycles. The maximum atomic E-state index is 11.9. The third-order valence-electron chi connectivity index (χ3n) is 1.00. The van der Waals surface area contributed by atoms with Gasteiger partial charge in [-0.25, -0.2) is 0 Å². The highest BCUT2D eigenvalue weighted by molar-refractivity contribution is 6.32. The van der Waals surface area contributed by atoms with Crippen LogP contribution in [0.1, 0.15) is 0 Å². The molecule has 1 nitrogen and oxygen atoms in total. The molecule has 0 atom stereocenters. The Kier molecular flexibility index (Phi) is 3.64. The topological polar surface area (TPSA) is 3.24 Å². The number of hydrogen-bond acceptors (Lipinski definition) is 1. The molecule has 0 aromatic carbocycles. The molecule has 0 rings (SSSR count). The van der Waals surface area contributed by atoms with Crippen LogP contribution in [-0.4, -0.2) is 25.2 Å². The number of alkyl halides is 3. The molecule has 0 radical (unpaired) electrons. The zero-order valence-corrected chi connectivity index (χ0v) is 7.50. The summed E-state index contributed by atoms with van der Waals surface area (Å²) in [6.07, 6.45) is -3.30. The molecular weight excluding hydrogens is 191 g/mol. The molecule has 0 heterocycles. The molecule has 70 valence electrons. The smallest absolute Gasteiger partial charge is 0.382 e. The Morgan fingerprint density at radius 2 is 1.83 bits per heavy atom. The molecule has 0 aliphatic carbocycles. The average molecular weight is 200 g/mol. The van der Waals surface area contributed by atoms with Gasteiger partial charge >= 0.3 is 6.18 Å². The fraction of sp³-hybridized carbons (Fsp3) is 0.429. The highest BCUT2D eigenvalue weighted by Gasteiger charge is 2.33. The van der Waals surface area contributed by atoms with E-state index in [-0.39, 0.29) is 0 Å². The largest absolute Gasteiger partial charge is 0.417 e. The molecule has 0 aromatic heterocycles. The number of halogens is 4. The Balaban J connectivity index is 4.51. The van der Waals surface area contributed by atoms with Gasteiger partial charge in [0.05, 0.1) is 10.6 Å². The number of nitrogens with zero attached hydrogens (tertiary/aromatic N) is 1. The van der Waals surface area contributed by atoms with E-state index in [0.29, 0.717) is 0 Å². The van der Waals surface area contributed by atoms with Gasteiger partial charge in [-0.15, -0.1) is 0 Å². The zero-order chi connectivity index (χ0) is 9.94.